The summed E-state index contributed by atoms with van der Waals surface area (Å²) in [5.41, 5.74) is 9.10. The lowest BCUT2D eigenvalue weighted by molar-refractivity contribution is 0.318. The van der Waals surface area contributed by atoms with Crippen molar-refractivity contribution in [1.82, 2.24) is 4.98 Å². The molecule has 0 aromatic carbocycles. The molecule has 1 atom stereocenters. The smallest absolute Gasteiger partial charge is 0.173 e. The molecule has 1 fully saturated rings. The number of oxime groups is 1. The van der Waals surface area contributed by atoms with Gasteiger partial charge in [-0.05, 0) is 37.3 Å². The first-order valence-electron chi connectivity index (χ1n) is 7.60. The first-order chi connectivity index (χ1) is 10.2. The van der Waals surface area contributed by atoms with Gasteiger partial charge in [0.15, 0.2) is 5.84 Å². The lowest BCUT2D eigenvalue weighted by Gasteiger charge is -2.34. The molecule has 0 saturated carbocycles. The minimum Gasteiger partial charge on any atom is -0.409 e. The molecule has 2 heterocycles. The van der Waals surface area contributed by atoms with Crippen molar-refractivity contribution in [3.05, 3.63) is 22.9 Å². The maximum Gasteiger partial charge on any atom is 0.173 e. The number of thioether (sulfide) groups is 1. The molecule has 1 aromatic heterocycles. The normalized spacial score (nSPS) is 22.4. The molecule has 2 aliphatic rings. The monoisotopic (exact) mass is 306 g/mol. The van der Waals surface area contributed by atoms with Crippen LogP contribution in [0.3, 0.4) is 0 Å². The van der Waals surface area contributed by atoms with Crippen molar-refractivity contribution in [3.63, 3.8) is 0 Å². The van der Waals surface area contributed by atoms with E-state index in [2.05, 4.69) is 23.0 Å². The quantitative estimate of drug-likeness (QED) is 0.387. The van der Waals surface area contributed by atoms with Crippen molar-refractivity contribution in [3.8, 4) is 0 Å². The summed E-state index contributed by atoms with van der Waals surface area (Å²) in [7, 11) is 0. The molecule has 1 saturated heterocycles. The van der Waals surface area contributed by atoms with E-state index in [1.807, 2.05) is 11.8 Å². The summed E-state index contributed by atoms with van der Waals surface area (Å²) in [6.07, 6.45) is 4.39. The Labute approximate surface area is 129 Å². The van der Waals surface area contributed by atoms with Crippen LogP contribution in [0.2, 0.25) is 0 Å². The maximum absolute atomic E-state index is 9.07. The Morgan fingerprint density at radius 3 is 3.19 bits per heavy atom. The van der Waals surface area contributed by atoms with E-state index in [1.165, 1.54) is 11.3 Å². The van der Waals surface area contributed by atoms with Crippen LogP contribution < -0.4 is 10.6 Å². The van der Waals surface area contributed by atoms with E-state index >= 15 is 0 Å². The highest BCUT2D eigenvalue weighted by molar-refractivity contribution is 8.00. The third-order valence-electron chi connectivity index (χ3n) is 4.31. The number of nitrogens with two attached hydrogens (primary N) is 1. The zero-order chi connectivity index (χ0) is 14.8. The fourth-order valence-electron chi connectivity index (χ4n) is 3.10. The molecule has 21 heavy (non-hydrogen) atoms. The molecule has 6 heteroatoms. The van der Waals surface area contributed by atoms with E-state index in [9.17, 15) is 0 Å². The van der Waals surface area contributed by atoms with Crippen LogP contribution in [0.25, 0.3) is 0 Å². The average molecular weight is 306 g/mol. The molecule has 0 radical (unpaired) electrons. The number of fused-ring (bicyclic) bond motifs is 1. The van der Waals surface area contributed by atoms with Crippen molar-refractivity contribution >= 4 is 23.4 Å². The maximum atomic E-state index is 9.07. The summed E-state index contributed by atoms with van der Waals surface area (Å²) in [6, 6.07) is 2.07. The molecule has 0 bridgehead atoms. The first-order valence-corrected chi connectivity index (χ1v) is 8.65. The van der Waals surface area contributed by atoms with E-state index in [1.54, 1.807) is 0 Å². The van der Waals surface area contributed by atoms with Crippen molar-refractivity contribution in [2.45, 2.75) is 37.9 Å². The summed E-state index contributed by atoms with van der Waals surface area (Å²) in [5, 5.41) is 12.9. The molecule has 0 spiro atoms. The van der Waals surface area contributed by atoms with Crippen molar-refractivity contribution in [1.29, 1.82) is 0 Å². The van der Waals surface area contributed by atoms with E-state index in [4.69, 9.17) is 15.9 Å². The van der Waals surface area contributed by atoms with Gasteiger partial charge in [0.25, 0.3) is 0 Å². The number of hydrogen-bond donors (Lipinski definition) is 2. The second kappa shape index (κ2) is 6.13. The van der Waals surface area contributed by atoms with Crippen LogP contribution in [0.4, 0.5) is 5.82 Å². The van der Waals surface area contributed by atoms with Crippen molar-refractivity contribution < 1.29 is 5.21 Å². The molecule has 114 valence electrons. The molecule has 1 aliphatic heterocycles. The molecule has 5 nitrogen and oxygen atoms in total. The SMILES string of the molecule is CCC1CN(c2nc3c(cc2C(N)=NO)CCC3)CCS1. The van der Waals surface area contributed by atoms with Gasteiger partial charge < -0.3 is 15.8 Å². The van der Waals surface area contributed by atoms with Crippen LogP contribution in [0.15, 0.2) is 11.2 Å². The molecule has 3 N–H and O–H groups in total. The zero-order valence-electron chi connectivity index (χ0n) is 12.4. The second-order valence-electron chi connectivity index (χ2n) is 5.65. The Morgan fingerprint density at radius 2 is 2.43 bits per heavy atom. The van der Waals surface area contributed by atoms with E-state index in [0.29, 0.717) is 5.25 Å². The number of rotatable bonds is 3. The van der Waals surface area contributed by atoms with Gasteiger partial charge in [0.1, 0.15) is 5.82 Å². The molecule has 1 aliphatic carbocycles. The van der Waals surface area contributed by atoms with Crippen LogP contribution >= 0.6 is 11.8 Å². The summed E-state index contributed by atoms with van der Waals surface area (Å²) in [5.74, 6) is 2.16. The topological polar surface area (TPSA) is 74.7 Å². The fraction of sp³-hybridized carbons (Fsp3) is 0.600. The van der Waals surface area contributed by atoms with Gasteiger partial charge in [-0.2, -0.15) is 11.8 Å². The largest absolute Gasteiger partial charge is 0.409 e. The van der Waals surface area contributed by atoms with Gasteiger partial charge in [0, 0.05) is 29.8 Å². The summed E-state index contributed by atoms with van der Waals surface area (Å²) in [6.45, 7) is 4.18. The van der Waals surface area contributed by atoms with Gasteiger partial charge in [-0.25, -0.2) is 4.98 Å². The van der Waals surface area contributed by atoms with E-state index in [-0.39, 0.29) is 5.84 Å². The van der Waals surface area contributed by atoms with E-state index in [0.717, 1.165) is 55.9 Å². The van der Waals surface area contributed by atoms with Gasteiger partial charge in [-0.15, -0.1) is 0 Å². The van der Waals surface area contributed by atoms with Gasteiger partial charge in [0.2, 0.25) is 0 Å². The molecule has 3 rings (SSSR count). The predicted molar refractivity (Wildman–Crippen MR) is 87.5 cm³/mol. The van der Waals surface area contributed by atoms with Crippen LogP contribution in [0.5, 0.6) is 0 Å². The molecular formula is C15H22N4OS. The Morgan fingerprint density at radius 1 is 1.57 bits per heavy atom. The van der Waals surface area contributed by atoms with Crippen LogP contribution in [0, 0.1) is 0 Å². The highest BCUT2D eigenvalue weighted by Gasteiger charge is 2.26. The number of aryl methyl sites for hydroxylation is 2. The third kappa shape index (κ3) is 2.81. The molecule has 1 aromatic rings. The van der Waals surface area contributed by atoms with Crippen LogP contribution in [-0.4, -0.2) is 40.1 Å². The Hall–Kier alpha value is -1.43. The number of hydrogen-bond acceptors (Lipinski definition) is 5. The predicted octanol–water partition coefficient (Wildman–Crippen LogP) is 2.00. The Balaban J connectivity index is 1.99. The van der Waals surface area contributed by atoms with Gasteiger partial charge in [0.05, 0.1) is 5.56 Å². The third-order valence-corrected chi connectivity index (χ3v) is 5.68. The minimum absolute atomic E-state index is 0.165. The second-order valence-corrected chi connectivity index (χ2v) is 7.06. The number of aromatic nitrogens is 1. The average Bonchev–Trinajstić information content (AvgIpc) is 3.00. The number of amidine groups is 1. The van der Waals surface area contributed by atoms with Crippen LogP contribution in [-0.2, 0) is 12.8 Å². The standard InChI is InChI=1S/C15H22N4OS/c1-2-11-9-19(6-7-21-11)15-12(14(16)18-20)8-10-4-3-5-13(10)17-15/h8,11,20H,2-7,9H2,1H3,(H2,16,18). The highest BCUT2D eigenvalue weighted by atomic mass is 32.2. The van der Waals surface area contributed by atoms with Gasteiger partial charge >= 0.3 is 0 Å². The summed E-state index contributed by atoms with van der Waals surface area (Å²) in [4.78, 5) is 7.16. The van der Waals surface area contributed by atoms with Crippen molar-refractivity contribution in [2.75, 3.05) is 23.7 Å². The first kappa shape index (κ1) is 14.5. The van der Waals surface area contributed by atoms with Gasteiger partial charge in [-0.1, -0.05) is 12.1 Å². The lowest BCUT2D eigenvalue weighted by atomic mass is 10.1. The number of pyridine rings is 1. The zero-order valence-corrected chi connectivity index (χ0v) is 13.2. The summed E-state index contributed by atoms with van der Waals surface area (Å²) >= 11 is 2.03. The van der Waals surface area contributed by atoms with Crippen LogP contribution in [0.1, 0.15) is 36.6 Å². The minimum atomic E-state index is 0.165. The van der Waals surface area contributed by atoms with Crippen molar-refractivity contribution in [2.24, 2.45) is 10.9 Å². The Kier molecular flexibility index (Phi) is 4.24. The fourth-order valence-corrected chi connectivity index (χ4v) is 4.28. The molecule has 0 amide bonds. The lowest BCUT2D eigenvalue weighted by Crippen LogP contribution is -2.39. The molecular weight excluding hydrogens is 284 g/mol. The van der Waals surface area contributed by atoms with E-state index < -0.39 is 0 Å². The highest BCUT2D eigenvalue weighted by Crippen LogP contribution is 2.30. The van der Waals surface area contributed by atoms with Gasteiger partial charge in [-0.3, -0.25) is 0 Å². The Bertz CT molecular complexity index is 561. The number of nitrogens with zero attached hydrogens (tertiary/aromatic N) is 3. The number of anilines is 1. The summed E-state index contributed by atoms with van der Waals surface area (Å²) < 4.78 is 0. The molecule has 1 unspecified atom stereocenters.